The molecule has 1 fully saturated rings. The van der Waals surface area contributed by atoms with E-state index in [4.69, 9.17) is 9.78 Å². The monoisotopic (exact) mass is 493 g/mol. The van der Waals surface area contributed by atoms with Crippen molar-refractivity contribution < 1.29 is 19.4 Å². The lowest BCUT2D eigenvalue weighted by Crippen LogP contribution is -2.45. The Morgan fingerprint density at radius 2 is 1.61 bits per heavy atom. The van der Waals surface area contributed by atoms with Gasteiger partial charge in [0.05, 0.1) is 5.41 Å². The van der Waals surface area contributed by atoms with Gasteiger partial charge in [-0.25, -0.2) is 9.68 Å². The second-order valence-electron chi connectivity index (χ2n) is 7.56. The lowest BCUT2D eigenvalue weighted by molar-refractivity contribution is -0.227. The van der Waals surface area contributed by atoms with Crippen LogP contribution in [0.1, 0.15) is 37.0 Å². The van der Waals surface area contributed by atoms with Crippen molar-refractivity contribution in [2.45, 2.75) is 26.7 Å². The number of para-hydroxylation sites is 1. The number of piperidine rings is 1. The number of nitrogens with zero attached hydrogens (tertiary/aromatic N) is 1. The van der Waals surface area contributed by atoms with E-state index in [0.29, 0.717) is 24.4 Å². The SMILES string of the molecule is CC(C)(C(=O)OOc1ccccc1)C1CCN(C(=O)c2ccc(I)cc2)CC1. The molecule has 1 aliphatic rings. The first-order chi connectivity index (χ1) is 13.4. The highest BCUT2D eigenvalue weighted by atomic mass is 127. The smallest absolute Gasteiger partial charge is 0.339 e. The van der Waals surface area contributed by atoms with Crippen LogP contribution in [0.15, 0.2) is 54.6 Å². The summed E-state index contributed by atoms with van der Waals surface area (Å²) in [6, 6.07) is 16.5. The van der Waals surface area contributed by atoms with Gasteiger partial charge in [-0.3, -0.25) is 9.68 Å². The molecule has 1 amide bonds. The average molecular weight is 493 g/mol. The molecule has 0 bridgehead atoms. The number of likely N-dealkylation sites (tertiary alicyclic amines) is 1. The quantitative estimate of drug-likeness (QED) is 0.344. The molecule has 3 rings (SSSR count). The molecule has 1 saturated heterocycles. The Bertz CT molecular complexity index is 812. The van der Waals surface area contributed by atoms with Crippen molar-refractivity contribution in [3.8, 4) is 5.75 Å². The van der Waals surface area contributed by atoms with Crippen LogP contribution in [0.5, 0.6) is 5.75 Å². The molecule has 28 heavy (non-hydrogen) atoms. The molecule has 148 valence electrons. The van der Waals surface area contributed by atoms with Gasteiger partial charge in [0, 0.05) is 22.2 Å². The zero-order valence-corrected chi connectivity index (χ0v) is 18.2. The van der Waals surface area contributed by atoms with Crippen LogP contribution in [0, 0.1) is 14.9 Å². The third-order valence-corrected chi connectivity index (χ3v) is 6.10. The summed E-state index contributed by atoms with van der Waals surface area (Å²) in [6.07, 6.45) is 1.51. The molecule has 1 heterocycles. The van der Waals surface area contributed by atoms with E-state index in [9.17, 15) is 9.59 Å². The van der Waals surface area contributed by atoms with Crippen LogP contribution >= 0.6 is 22.6 Å². The van der Waals surface area contributed by atoms with Crippen LogP contribution in [0.25, 0.3) is 0 Å². The molecular formula is C22H24INO4. The fourth-order valence-corrected chi connectivity index (χ4v) is 3.77. The van der Waals surface area contributed by atoms with Crippen LogP contribution < -0.4 is 4.89 Å². The fourth-order valence-electron chi connectivity index (χ4n) is 3.42. The second-order valence-corrected chi connectivity index (χ2v) is 8.81. The number of amides is 1. The van der Waals surface area contributed by atoms with Crippen molar-refractivity contribution in [1.29, 1.82) is 0 Å². The van der Waals surface area contributed by atoms with Crippen molar-refractivity contribution in [2.75, 3.05) is 13.1 Å². The number of hydrogen-bond acceptors (Lipinski definition) is 4. The molecule has 1 aliphatic heterocycles. The molecule has 6 heteroatoms. The zero-order valence-electron chi connectivity index (χ0n) is 16.1. The molecule has 0 radical (unpaired) electrons. The van der Waals surface area contributed by atoms with Crippen molar-refractivity contribution in [3.63, 3.8) is 0 Å². The number of carbonyl (C=O) groups excluding carboxylic acids is 2. The van der Waals surface area contributed by atoms with E-state index < -0.39 is 11.4 Å². The molecule has 0 saturated carbocycles. The van der Waals surface area contributed by atoms with Crippen molar-refractivity contribution in [2.24, 2.45) is 11.3 Å². The van der Waals surface area contributed by atoms with Crippen molar-refractivity contribution in [1.82, 2.24) is 4.90 Å². The highest BCUT2D eigenvalue weighted by molar-refractivity contribution is 14.1. The second kappa shape index (κ2) is 8.94. The Hall–Kier alpha value is -2.09. The topological polar surface area (TPSA) is 55.8 Å². The van der Waals surface area contributed by atoms with Crippen LogP contribution in [-0.4, -0.2) is 29.9 Å². The molecule has 0 spiro atoms. The van der Waals surface area contributed by atoms with E-state index in [1.165, 1.54) is 0 Å². The molecular weight excluding hydrogens is 469 g/mol. The van der Waals surface area contributed by atoms with Gasteiger partial charge >= 0.3 is 5.97 Å². The molecule has 5 nitrogen and oxygen atoms in total. The standard InChI is InChI=1S/C22H24INO4/c1-22(2,21(26)28-27-19-6-4-3-5-7-19)17-12-14-24(15-13-17)20(25)16-8-10-18(23)11-9-16/h3-11,17H,12-15H2,1-2H3. The minimum Gasteiger partial charge on any atom is -0.339 e. The first-order valence-electron chi connectivity index (χ1n) is 9.37. The first-order valence-corrected chi connectivity index (χ1v) is 10.4. The van der Waals surface area contributed by atoms with Gasteiger partial charge in [0.15, 0.2) is 5.75 Å². The van der Waals surface area contributed by atoms with E-state index in [1.54, 1.807) is 12.1 Å². The minimum absolute atomic E-state index is 0.0441. The van der Waals surface area contributed by atoms with Gasteiger partial charge in [-0.2, -0.15) is 0 Å². The molecule has 2 aromatic rings. The Morgan fingerprint density at radius 3 is 2.21 bits per heavy atom. The van der Waals surface area contributed by atoms with E-state index >= 15 is 0 Å². The van der Waals surface area contributed by atoms with Crippen LogP contribution in [-0.2, 0) is 9.68 Å². The predicted molar refractivity (Wildman–Crippen MR) is 115 cm³/mol. The number of carbonyl (C=O) groups is 2. The summed E-state index contributed by atoms with van der Waals surface area (Å²) in [5.74, 6) is 0.270. The number of hydrogen-bond donors (Lipinski definition) is 0. The summed E-state index contributed by atoms with van der Waals surface area (Å²) < 4.78 is 1.10. The first kappa shape index (κ1) is 20.6. The lowest BCUT2D eigenvalue weighted by Gasteiger charge is -2.38. The molecule has 0 aliphatic carbocycles. The van der Waals surface area contributed by atoms with E-state index in [1.807, 2.05) is 61.2 Å². The summed E-state index contributed by atoms with van der Waals surface area (Å²) in [5.41, 5.74) is 0.0149. The Morgan fingerprint density at radius 1 is 1.00 bits per heavy atom. The largest absolute Gasteiger partial charge is 0.361 e. The number of benzene rings is 2. The highest BCUT2D eigenvalue weighted by Gasteiger charge is 2.41. The maximum atomic E-state index is 12.7. The van der Waals surface area contributed by atoms with Gasteiger partial charge in [-0.05, 0) is 91.6 Å². The minimum atomic E-state index is -0.688. The Labute approximate surface area is 179 Å². The van der Waals surface area contributed by atoms with Gasteiger partial charge < -0.3 is 4.90 Å². The molecule has 0 atom stereocenters. The van der Waals surface area contributed by atoms with Crippen molar-refractivity contribution in [3.05, 3.63) is 63.7 Å². The number of rotatable bonds is 5. The van der Waals surface area contributed by atoms with E-state index in [0.717, 1.165) is 16.4 Å². The van der Waals surface area contributed by atoms with Crippen molar-refractivity contribution >= 4 is 34.5 Å². The van der Waals surface area contributed by atoms with E-state index in [2.05, 4.69) is 22.6 Å². The number of halogens is 1. The third kappa shape index (κ3) is 4.84. The van der Waals surface area contributed by atoms with Gasteiger partial charge in [0.1, 0.15) is 0 Å². The molecule has 0 aromatic heterocycles. The molecule has 0 unspecified atom stereocenters. The third-order valence-electron chi connectivity index (χ3n) is 5.38. The normalized spacial score (nSPS) is 15.2. The van der Waals surface area contributed by atoms with Crippen LogP contribution in [0.3, 0.4) is 0 Å². The van der Waals surface area contributed by atoms with Gasteiger partial charge in [-0.15, -0.1) is 0 Å². The lowest BCUT2D eigenvalue weighted by atomic mass is 9.73. The van der Waals surface area contributed by atoms with Gasteiger partial charge in [-0.1, -0.05) is 18.2 Å². The zero-order chi connectivity index (χ0) is 20.1. The summed E-state index contributed by atoms with van der Waals surface area (Å²) >= 11 is 2.22. The van der Waals surface area contributed by atoms with E-state index in [-0.39, 0.29) is 11.8 Å². The maximum Gasteiger partial charge on any atom is 0.361 e. The Kier molecular flexibility index (Phi) is 6.59. The average Bonchev–Trinajstić information content (AvgIpc) is 2.73. The highest BCUT2D eigenvalue weighted by Crippen LogP contribution is 2.36. The molecule has 0 N–H and O–H groups in total. The summed E-state index contributed by atoms with van der Waals surface area (Å²) in [7, 11) is 0. The summed E-state index contributed by atoms with van der Waals surface area (Å²) in [6.45, 7) is 5.02. The summed E-state index contributed by atoms with van der Waals surface area (Å²) in [5, 5.41) is 0. The van der Waals surface area contributed by atoms with Crippen LogP contribution in [0.2, 0.25) is 0 Å². The van der Waals surface area contributed by atoms with Crippen LogP contribution in [0.4, 0.5) is 0 Å². The summed E-state index contributed by atoms with van der Waals surface area (Å²) in [4.78, 5) is 37.3. The van der Waals surface area contributed by atoms with Gasteiger partial charge in [0.25, 0.3) is 5.91 Å². The van der Waals surface area contributed by atoms with Gasteiger partial charge in [0.2, 0.25) is 0 Å². The predicted octanol–water partition coefficient (Wildman–Crippen LogP) is 4.71. The Balaban J connectivity index is 1.54. The fraction of sp³-hybridized carbons (Fsp3) is 0.364. The maximum absolute atomic E-state index is 12.7. The molecule has 2 aromatic carbocycles.